The van der Waals surface area contributed by atoms with E-state index in [4.69, 9.17) is 4.52 Å². The molecule has 112 valence electrons. The summed E-state index contributed by atoms with van der Waals surface area (Å²) < 4.78 is 5.02. The van der Waals surface area contributed by atoms with Gasteiger partial charge in [-0.05, 0) is 30.9 Å². The Labute approximate surface area is 126 Å². The smallest absolute Gasteiger partial charge is 0.376 e. The van der Waals surface area contributed by atoms with E-state index < -0.39 is 7.05 Å². The summed E-state index contributed by atoms with van der Waals surface area (Å²) in [5.74, 6) is 1.66. The Kier molecular flexibility index (Phi) is 5.14. The maximum Gasteiger partial charge on any atom is 0.376 e. The van der Waals surface area contributed by atoms with Gasteiger partial charge < -0.3 is 14.4 Å². The highest BCUT2D eigenvalue weighted by Crippen LogP contribution is 2.18. The summed E-state index contributed by atoms with van der Waals surface area (Å²) in [6.45, 7) is 9.42. The molecule has 0 bridgehead atoms. The molecule has 0 saturated carbocycles. The first-order valence-electron chi connectivity index (χ1n) is 7.27. The van der Waals surface area contributed by atoms with Crippen LogP contribution in [0.2, 0.25) is 6.82 Å². The quantitative estimate of drug-likeness (QED) is 0.827. The van der Waals surface area contributed by atoms with Crippen molar-refractivity contribution in [3.05, 3.63) is 35.7 Å². The standard InChI is InChI=1S/C15H22BN3O2/c1-11(2)9-19(16(4)20)10-13-6-5-7-14(8-13)15-17-12(3)21-18-15/h5-8,11,20H,9-10H2,1-4H3. The molecule has 2 aromatic rings. The third-order valence-corrected chi connectivity index (χ3v) is 3.23. The molecule has 1 aromatic carbocycles. The molecule has 1 N–H and O–H groups in total. The van der Waals surface area contributed by atoms with Crippen molar-refractivity contribution in [2.45, 2.75) is 34.1 Å². The number of hydrogen-bond donors (Lipinski definition) is 1. The van der Waals surface area contributed by atoms with Crippen LogP contribution in [0.15, 0.2) is 28.8 Å². The highest BCUT2D eigenvalue weighted by atomic mass is 16.5. The molecule has 0 amide bonds. The molecule has 5 nitrogen and oxygen atoms in total. The van der Waals surface area contributed by atoms with E-state index in [1.54, 1.807) is 13.7 Å². The van der Waals surface area contributed by atoms with Crippen molar-refractivity contribution >= 4 is 7.05 Å². The van der Waals surface area contributed by atoms with Crippen LogP contribution in [-0.2, 0) is 6.54 Å². The van der Waals surface area contributed by atoms with E-state index in [0.717, 1.165) is 17.7 Å². The van der Waals surface area contributed by atoms with Crippen molar-refractivity contribution in [2.24, 2.45) is 5.92 Å². The van der Waals surface area contributed by atoms with Crippen LogP contribution in [0.4, 0.5) is 0 Å². The zero-order valence-electron chi connectivity index (χ0n) is 13.1. The van der Waals surface area contributed by atoms with Gasteiger partial charge in [-0.15, -0.1) is 0 Å². The first-order valence-corrected chi connectivity index (χ1v) is 7.27. The van der Waals surface area contributed by atoms with Gasteiger partial charge in [0.05, 0.1) is 0 Å². The number of benzene rings is 1. The average Bonchev–Trinajstić information content (AvgIpc) is 2.84. The SMILES string of the molecule is CB(O)N(Cc1cccc(-c2noc(C)n2)c1)CC(C)C. The van der Waals surface area contributed by atoms with Crippen LogP contribution in [0, 0.1) is 12.8 Å². The first-order chi connectivity index (χ1) is 9.95. The van der Waals surface area contributed by atoms with Gasteiger partial charge >= 0.3 is 7.05 Å². The number of hydrogen-bond acceptors (Lipinski definition) is 5. The zero-order valence-corrected chi connectivity index (χ0v) is 13.1. The number of aryl methyl sites for hydroxylation is 1. The second-order valence-electron chi connectivity index (χ2n) is 5.79. The molecule has 2 rings (SSSR count). The largest absolute Gasteiger partial charge is 0.437 e. The first kappa shape index (κ1) is 15.7. The lowest BCUT2D eigenvalue weighted by atomic mass is 9.83. The van der Waals surface area contributed by atoms with E-state index in [2.05, 4.69) is 24.0 Å². The van der Waals surface area contributed by atoms with E-state index in [-0.39, 0.29) is 0 Å². The summed E-state index contributed by atoms with van der Waals surface area (Å²) in [7, 11) is -0.469. The van der Waals surface area contributed by atoms with Crippen LogP contribution in [0.3, 0.4) is 0 Å². The molecule has 0 saturated heterocycles. The molecule has 0 unspecified atom stereocenters. The molecule has 0 aliphatic carbocycles. The predicted molar refractivity (Wildman–Crippen MR) is 83.6 cm³/mol. The number of aromatic nitrogens is 2. The normalized spacial score (nSPS) is 11.4. The van der Waals surface area contributed by atoms with E-state index in [0.29, 0.717) is 24.2 Å². The molecular formula is C15H22BN3O2. The van der Waals surface area contributed by atoms with Gasteiger partial charge in [0.2, 0.25) is 11.7 Å². The highest BCUT2D eigenvalue weighted by Gasteiger charge is 2.17. The van der Waals surface area contributed by atoms with Gasteiger partial charge in [0.1, 0.15) is 0 Å². The Hall–Kier alpha value is -1.66. The van der Waals surface area contributed by atoms with Gasteiger partial charge in [0.25, 0.3) is 0 Å². The highest BCUT2D eigenvalue weighted by molar-refractivity contribution is 6.45. The Morgan fingerprint density at radius 2 is 2.14 bits per heavy atom. The maximum absolute atomic E-state index is 9.90. The van der Waals surface area contributed by atoms with E-state index in [9.17, 15) is 5.02 Å². The van der Waals surface area contributed by atoms with Gasteiger partial charge in [-0.1, -0.05) is 37.2 Å². The minimum atomic E-state index is -0.469. The van der Waals surface area contributed by atoms with Crippen LogP contribution in [0.25, 0.3) is 11.4 Å². The average molecular weight is 287 g/mol. The molecule has 0 fully saturated rings. The van der Waals surface area contributed by atoms with Gasteiger partial charge in [-0.25, -0.2) is 0 Å². The molecule has 6 heteroatoms. The fourth-order valence-electron chi connectivity index (χ4n) is 2.28. The summed E-state index contributed by atoms with van der Waals surface area (Å²) in [6.07, 6.45) is 0. The third kappa shape index (κ3) is 4.41. The third-order valence-electron chi connectivity index (χ3n) is 3.23. The molecule has 1 heterocycles. The molecule has 0 atom stereocenters. The number of nitrogens with zero attached hydrogens (tertiary/aromatic N) is 3. The summed E-state index contributed by atoms with van der Waals surface area (Å²) >= 11 is 0. The maximum atomic E-state index is 9.90. The van der Waals surface area contributed by atoms with Crippen molar-refractivity contribution in [1.82, 2.24) is 15.0 Å². The summed E-state index contributed by atoms with van der Waals surface area (Å²) in [4.78, 5) is 6.29. The van der Waals surface area contributed by atoms with Crippen molar-refractivity contribution < 1.29 is 9.55 Å². The summed E-state index contributed by atoms with van der Waals surface area (Å²) in [6, 6.07) is 8.03. The fourth-order valence-corrected chi connectivity index (χ4v) is 2.28. The summed E-state index contributed by atoms with van der Waals surface area (Å²) in [5.41, 5.74) is 2.05. The molecule has 0 aliphatic heterocycles. The fraction of sp³-hybridized carbons (Fsp3) is 0.467. The lowest BCUT2D eigenvalue weighted by Gasteiger charge is -2.25. The zero-order chi connectivity index (χ0) is 15.4. The monoisotopic (exact) mass is 287 g/mol. The van der Waals surface area contributed by atoms with Crippen LogP contribution < -0.4 is 0 Å². The van der Waals surface area contributed by atoms with Gasteiger partial charge in [0, 0.05) is 19.0 Å². The van der Waals surface area contributed by atoms with Crippen molar-refractivity contribution in [3.8, 4) is 11.4 Å². The number of rotatable bonds is 6. The Morgan fingerprint density at radius 1 is 1.38 bits per heavy atom. The molecule has 1 aromatic heterocycles. The molecule has 21 heavy (non-hydrogen) atoms. The Bertz CT molecular complexity index is 584. The lowest BCUT2D eigenvalue weighted by molar-refractivity contribution is 0.323. The Balaban J connectivity index is 2.16. The minimum absolute atomic E-state index is 0.469. The van der Waals surface area contributed by atoms with Crippen LogP contribution in [0.5, 0.6) is 0 Å². The minimum Gasteiger partial charge on any atom is -0.437 e. The van der Waals surface area contributed by atoms with E-state index in [1.807, 2.05) is 29.1 Å². The molecule has 0 spiro atoms. The van der Waals surface area contributed by atoms with Crippen LogP contribution in [-0.4, -0.2) is 33.6 Å². The van der Waals surface area contributed by atoms with Gasteiger partial charge in [-0.3, -0.25) is 0 Å². The van der Waals surface area contributed by atoms with Crippen molar-refractivity contribution in [2.75, 3.05) is 6.54 Å². The van der Waals surface area contributed by atoms with Crippen molar-refractivity contribution in [1.29, 1.82) is 0 Å². The van der Waals surface area contributed by atoms with Crippen LogP contribution >= 0.6 is 0 Å². The van der Waals surface area contributed by atoms with E-state index >= 15 is 0 Å². The molecule has 0 radical (unpaired) electrons. The van der Waals surface area contributed by atoms with E-state index in [1.165, 1.54) is 0 Å². The molecule has 0 aliphatic rings. The summed E-state index contributed by atoms with van der Waals surface area (Å²) in [5, 5.41) is 13.8. The second-order valence-corrected chi connectivity index (χ2v) is 5.79. The second kappa shape index (κ2) is 6.87. The van der Waals surface area contributed by atoms with Crippen LogP contribution in [0.1, 0.15) is 25.3 Å². The molecular weight excluding hydrogens is 265 g/mol. The predicted octanol–water partition coefficient (Wildman–Crippen LogP) is 2.61. The van der Waals surface area contributed by atoms with Crippen molar-refractivity contribution in [3.63, 3.8) is 0 Å². The van der Waals surface area contributed by atoms with Gasteiger partial charge in [0.15, 0.2) is 0 Å². The Morgan fingerprint density at radius 3 is 2.71 bits per heavy atom. The lowest BCUT2D eigenvalue weighted by Crippen LogP contribution is -2.39. The topological polar surface area (TPSA) is 62.4 Å². The van der Waals surface area contributed by atoms with Gasteiger partial charge in [-0.2, -0.15) is 4.98 Å².